The van der Waals surface area contributed by atoms with E-state index in [9.17, 15) is 9.59 Å². The van der Waals surface area contributed by atoms with Crippen LogP contribution in [0.25, 0.3) is 5.69 Å². The molecule has 0 spiro atoms. The summed E-state index contributed by atoms with van der Waals surface area (Å²) in [6.07, 6.45) is 0. The maximum atomic E-state index is 12.7. The third-order valence-corrected chi connectivity index (χ3v) is 7.55. The minimum Gasteiger partial charge on any atom is -0.326 e. The number of anilines is 2. The Bertz CT molecular complexity index is 1490. The van der Waals surface area contributed by atoms with Crippen LogP contribution in [-0.2, 0) is 15.0 Å². The van der Waals surface area contributed by atoms with Crippen molar-refractivity contribution in [2.75, 3.05) is 16.4 Å². The van der Waals surface area contributed by atoms with Crippen molar-refractivity contribution in [2.24, 2.45) is 0 Å². The number of rotatable bonds is 8. The molecule has 0 saturated carbocycles. The molecule has 0 radical (unpaired) electrons. The third kappa shape index (κ3) is 7.17. The van der Waals surface area contributed by atoms with E-state index < -0.39 is 0 Å². The molecule has 1 unspecified atom stereocenters. The highest BCUT2D eigenvalue weighted by molar-refractivity contribution is 7.99. The number of hydrogen-bond donors (Lipinski definition) is 2. The number of halogens is 2. The number of amides is 2. The van der Waals surface area contributed by atoms with E-state index in [1.54, 1.807) is 18.2 Å². The zero-order valence-electron chi connectivity index (χ0n) is 21.9. The Hall–Kier alpha value is -3.40. The molecule has 0 bridgehead atoms. The molecular weight excluding hydrogens is 555 g/mol. The monoisotopic (exact) mass is 582 g/mol. The van der Waals surface area contributed by atoms with Gasteiger partial charge in [-0.15, -0.1) is 5.10 Å². The fourth-order valence-electron chi connectivity index (χ4n) is 3.72. The van der Waals surface area contributed by atoms with Gasteiger partial charge in [0.2, 0.25) is 17.0 Å². The SMILES string of the molecule is CC(C(=O)Nc1ccc(NC(=O)CSc2nnnn2-c2ccc(C(C)(C)C)cc2Cl)c(Cl)c1)c1ccccc1. The minimum absolute atomic E-state index is 0.0431. The van der Waals surface area contributed by atoms with Crippen molar-refractivity contribution >= 4 is 58.2 Å². The molecule has 202 valence electrons. The second-order valence-electron chi connectivity index (χ2n) is 9.94. The number of nitrogens with zero attached hydrogens (tertiary/aromatic N) is 4. The Morgan fingerprint density at radius 2 is 1.72 bits per heavy atom. The van der Waals surface area contributed by atoms with Gasteiger partial charge in [-0.3, -0.25) is 9.59 Å². The second-order valence-corrected chi connectivity index (χ2v) is 11.7. The normalized spacial score (nSPS) is 12.2. The van der Waals surface area contributed by atoms with Crippen molar-refractivity contribution in [3.05, 3.63) is 87.9 Å². The van der Waals surface area contributed by atoms with Gasteiger partial charge in [-0.1, -0.05) is 92.1 Å². The predicted octanol–water partition coefficient (Wildman–Crippen LogP) is 6.74. The van der Waals surface area contributed by atoms with Crippen molar-refractivity contribution in [1.29, 1.82) is 0 Å². The Kier molecular flexibility index (Phi) is 8.94. The topological polar surface area (TPSA) is 102 Å². The summed E-state index contributed by atoms with van der Waals surface area (Å²) in [7, 11) is 0. The first-order chi connectivity index (χ1) is 18.5. The fraction of sp³-hybridized carbons (Fsp3) is 0.250. The third-order valence-electron chi connectivity index (χ3n) is 6.02. The lowest BCUT2D eigenvalue weighted by atomic mass is 9.87. The summed E-state index contributed by atoms with van der Waals surface area (Å²) < 4.78 is 1.51. The number of nitrogens with one attached hydrogen (secondary N) is 2. The van der Waals surface area contributed by atoms with Gasteiger partial charge in [0.25, 0.3) is 0 Å². The Morgan fingerprint density at radius 3 is 2.38 bits per heavy atom. The lowest BCUT2D eigenvalue weighted by molar-refractivity contribution is -0.117. The number of hydrogen-bond acceptors (Lipinski definition) is 6. The molecule has 0 aliphatic carbocycles. The van der Waals surface area contributed by atoms with E-state index in [4.69, 9.17) is 23.2 Å². The largest absolute Gasteiger partial charge is 0.326 e. The molecule has 0 fully saturated rings. The zero-order chi connectivity index (χ0) is 28.2. The molecule has 0 aliphatic rings. The molecule has 4 rings (SSSR count). The summed E-state index contributed by atoms with van der Waals surface area (Å²) in [4.78, 5) is 25.3. The zero-order valence-corrected chi connectivity index (χ0v) is 24.2. The van der Waals surface area contributed by atoms with Crippen LogP contribution in [0.1, 0.15) is 44.7 Å². The predicted molar refractivity (Wildman–Crippen MR) is 157 cm³/mol. The van der Waals surface area contributed by atoms with E-state index >= 15 is 0 Å². The number of aromatic nitrogens is 4. The maximum Gasteiger partial charge on any atom is 0.234 e. The highest BCUT2D eigenvalue weighted by Crippen LogP contribution is 2.31. The van der Waals surface area contributed by atoms with E-state index in [0.717, 1.165) is 11.1 Å². The first-order valence-electron chi connectivity index (χ1n) is 12.2. The van der Waals surface area contributed by atoms with Gasteiger partial charge in [-0.25, -0.2) is 0 Å². The van der Waals surface area contributed by atoms with Gasteiger partial charge < -0.3 is 10.6 Å². The average Bonchev–Trinajstić information content (AvgIpc) is 3.37. The lowest BCUT2D eigenvalue weighted by Crippen LogP contribution is -2.19. The van der Waals surface area contributed by atoms with Gasteiger partial charge in [-0.2, -0.15) is 4.68 Å². The highest BCUT2D eigenvalue weighted by atomic mass is 35.5. The van der Waals surface area contributed by atoms with E-state index in [1.807, 2.05) is 55.5 Å². The Morgan fingerprint density at radius 1 is 0.974 bits per heavy atom. The first kappa shape index (κ1) is 28.6. The van der Waals surface area contributed by atoms with Gasteiger partial charge in [0, 0.05) is 5.69 Å². The molecule has 2 N–H and O–H groups in total. The summed E-state index contributed by atoms with van der Waals surface area (Å²) >= 11 is 14.1. The molecule has 2 amide bonds. The molecular formula is C28H28Cl2N6O2S. The van der Waals surface area contributed by atoms with Crippen LogP contribution in [0.4, 0.5) is 11.4 Å². The fourth-order valence-corrected chi connectivity index (χ4v) is 4.89. The quantitative estimate of drug-likeness (QED) is 0.223. The van der Waals surface area contributed by atoms with Gasteiger partial charge in [0.1, 0.15) is 0 Å². The van der Waals surface area contributed by atoms with Crippen molar-refractivity contribution < 1.29 is 9.59 Å². The molecule has 39 heavy (non-hydrogen) atoms. The van der Waals surface area contributed by atoms with Crippen molar-refractivity contribution in [1.82, 2.24) is 20.2 Å². The van der Waals surface area contributed by atoms with Crippen LogP contribution in [0.5, 0.6) is 0 Å². The summed E-state index contributed by atoms with van der Waals surface area (Å²) in [6, 6.07) is 20.2. The molecule has 0 aliphatic heterocycles. The standard InChI is InChI=1S/C28H28Cl2N6O2S/c1-17(18-8-6-5-7-9-18)26(38)31-20-11-12-23(21(29)15-20)32-25(37)16-39-27-33-34-35-36(27)24-13-10-19(14-22(24)30)28(2,3)4/h5-15,17H,16H2,1-4H3,(H,31,38)(H,32,37). The van der Waals surface area contributed by atoms with Crippen molar-refractivity contribution in [3.8, 4) is 5.69 Å². The molecule has 4 aromatic rings. The van der Waals surface area contributed by atoms with E-state index in [0.29, 0.717) is 32.3 Å². The van der Waals surface area contributed by atoms with E-state index in [1.165, 1.54) is 16.4 Å². The van der Waals surface area contributed by atoms with Crippen LogP contribution in [0.2, 0.25) is 10.0 Å². The Balaban J connectivity index is 1.36. The number of thioether (sulfide) groups is 1. The van der Waals surface area contributed by atoms with Gasteiger partial charge >= 0.3 is 0 Å². The van der Waals surface area contributed by atoms with Crippen molar-refractivity contribution in [3.63, 3.8) is 0 Å². The smallest absolute Gasteiger partial charge is 0.234 e. The average molecular weight is 584 g/mol. The number of carbonyl (C=O) groups is 2. The highest BCUT2D eigenvalue weighted by Gasteiger charge is 2.19. The summed E-state index contributed by atoms with van der Waals surface area (Å²) in [5.41, 5.74) is 3.54. The molecule has 8 nitrogen and oxygen atoms in total. The molecule has 0 saturated heterocycles. The molecule has 1 atom stereocenters. The first-order valence-corrected chi connectivity index (χ1v) is 13.9. The van der Waals surface area contributed by atoms with Crippen LogP contribution >= 0.6 is 35.0 Å². The summed E-state index contributed by atoms with van der Waals surface area (Å²) in [5.74, 6) is -0.734. The van der Waals surface area contributed by atoms with Gasteiger partial charge in [0.15, 0.2) is 0 Å². The van der Waals surface area contributed by atoms with Crippen LogP contribution in [0.15, 0.2) is 71.9 Å². The van der Waals surface area contributed by atoms with Crippen LogP contribution < -0.4 is 10.6 Å². The van der Waals surface area contributed by atoms with Crippen molar-refractivity contribution in [2.45, 2.75) is 44.2 Å². The Labute approximate surface area is 241 Å². The summed E-state index contributed by atoms with van der Waals surface area (Å²) in [5, 5.41) is 18.7. The summed E-state index contributed by atoms with van der Waals surface area (Å²) in [6.45, 7) is 8.16. The van der Waals surface area contributed by atoms with Crippen LogP contribution in [0, 0.1) is 0 Å². The van der Waals surface area contributed by atoms with Crippen LogP contribution in [-0.4, -0.2) is 37.8 Å². The molecule has 1 aromatic heterocycles. The van der Waals surface area contributed by atoms with Crippen LogP contribution in [0.3, 0.4) is 0 Å². The minimum atomic E-state index is -0.329. The van der Waals surface area contributed by atoms with Gasteiger partial charge in [-0.05, 0) is 64.2 Å². The number of tetrazole rings is 1. The maximum absolute atomic E-state index is 12.7. The second kappa shape index (κ2) is 12.2. The van der Waals surface area contributed by atoms with E-state index in [2.05, 4.69) is 46.9 Å². The number of benzene rings is 3. The molecule has 11 heteroatoms. The molecule has 3 aromatic carbocycles. The number of carbonyl (C=O) groups excluding carboxylic acids is 2. The van der Waals surface area contributed by atoms with Gasteiger partial charge in [0.05, 0.1) is 33.1 Å². The van der Waals surface area contributed by atoms with E-state index in [-0.39, 0.29) is 28.9 Å². The molecule has 1 heterocycles. The lowest BCUT2D eigenvalue weighted by Gasteiger charge is -2.20.